The van der Waals surface area contributed by atoms with Gasteiger partial charge < -0.3 is 5.32 Å². The SMILES string of the molecule is Cc1sc(CC2CCCNC2)nc1C1CCCC1. The molecule has 0 spiro atoms. The van der Waals surface area contributed by atoms with Gasteiger partial charge >= 0.3 is 0 Å². The van der Waals surface area contributed by atoms with Crippen molar-refractivity contribution in [2.24, 2.45) is 5.92 Å². The minimum atomic E-state index is 0.777. The number of nitrogens with zero attached hydrogens (tertiary/aromatic N) is 1. The molecule has 100 valence electrons. The molecule has 3 heteroatoms. The molecular formula is C15H24N2S. The van der Waals surface area contributed by atoms with Gasteiger partial charge in [-0.05, 0) is 51.6 Å². The molecule has 1 atom stereocenters. The number of thiazole rings is 1. The van der Waals surface area contributed by atoms with Crippen molar-refractivity contribution in [2.75, 3.05) is 13.1 Å². The van der Waals surface area contributed by atoms with E-state index in [1.165, 1.54) is 73.6 Å². The molecule has 1 saturated carbocycles. The maximum absolute atomic E-state index is 4.98. The second kappa shape index (κ2) is 5.70. The first-order chi connectivity index (χ1) is 8.83. The van der Waals surface area contributed by atoms with Gasteiger partial charge in [0.15, 0.2) is 0 Å². The number of rotatable bonds is 3. The van der Waals surface area contributed by atoms with Crippen LogP contribution in [0.5, 0.6) is 0 Å². The first-order valence-electron chi connectivity index (χ1n) is 7.50. The Kier molecular flexibility index (Phi) is 4.00. The van der Waals surface area contributed by atoms with E-state index in [1.54, 1.807) is 0 Å². The van der Waals surface area contributed by atoms with Gasteiger partial charge in [-0.2, -0.15) is 0 Å². The number of piperidine rings is 1. The number of aromatic nitrogens is 1. The molecule has 1 aliphatic heterocycles. The van der Waals surface area contributed by atoms with E-state index in [0.29, 0.717) is 0 Å². The Morgan fingerprint density at radius 3 is 2.78 bits per heavy atom. The maximum atomic E-state index is 4.98. The van der Waals surface area contributed by atoms with Gasteiger partial charge in [0, 0.05) is 17.2 Å². The number of nitrogens with one attached hydrogen (secondary N) is 1. The Balaban J connectivity index is 1.67. The van der Waals surface area contributed by atoms with Crippen molar-refractivity contribution in [3.05, 3.63) is 15.6 Å². The lowest BCUT2D eigenvalue weighted by molar-refractivity contribution is 0.375. The van der Waals surface area contributed by atoms with Crippen molar-refractivity contribution < 1.29 is 0 Å². The summed E-state index contributed by atoms with van der Waals surface area (Å²) in [4.78, 5) is 6.46. The third-order valence-corrected chi connectivity index (χ3v) is 5.49. The van der Waals surface area contributed by atoms with Crippen LogP contribution < -0.4 is 5.32 Å². The van der Waals surface area contributed by atoms with E-state index in [2.05, 4.69) is 12.2 Å². The molecule has 1 saturated heterocycles. The summed E-state index contributed by atoms with van der Waals surface area (Å²) in [6.45, 7) is 4.67. The smallest absolute Gasteiger partial charge is 0.0934 e. The highest BCUT2D eigenvalue weighted by Crippen LogP contribution is 2.37. The van der Waals surface area contributed by atoms with Crippen LogP contribution in [0.3, 0.4) is 0 Å². The van der Waals surface area contributed by atoms with Crippen molar-refractivity contribution in [1.82, 2.24) is 10.3 Å². The van der Waals surface area contributed by atoms with E-state index < -0.39 is 0 Å². The van der Waals surface area contributed by atoms with Gasteiger partial charge in [0.05, 0.1) is 10.7 Å². The molecule has 1 unspecified atom stereocenters. The fourth-order valence-corrected chi connectivity index (χ4v) is 4.61. The summed E-state index contributed by atoms with van der Waals surface area (Å²) in [6.07, 6.45) is 9.47. The predicted octanol–water partition coefficient (Wildman–Crippen LogP) is 3.65. The first kappa shape index (κ1) is 12.6. The Bertz CT molecular complexity index is 387. The maximum Gasteiger partial charge on any atom is 0.0934 e. The van der Waals surface area contributed by atoms with Gasteiger partial charge in [-0.15, -0.1) is 11.3 Å². The fraction of sp³-hybridized carbons (Fsp3) is 0.800. The summed E-state index contributed by atoms with van der Waals surface area (Å²) < 4.78 is 0. The monoisotopic (exact) mass is 264 g/mol. The second-order valence-corrected chi connectivity index (χ2v) is 7.23. The first-order valence-corrected chi connectivity index (χ1v) is 8.31. The lowest BCUT2D eigenvalue weighted by atomic mass is 9.96. The van der Waals surface area contributed by atoms with Crippen LogP contribution in [-0.2, 0) is 6.42 Å². The zero-order valence-electron chi connectivity index (χ0n) is 11.4. The molecule has 1 N–H and O–H groups in total. The van der Waals surface area contributed by atoms with Crippen LogP contribution in [0.1, 0.15) is 60.0 Å². The van der Waals surface area contributed by atoms with E-state index in [0.717, 1.165) is 11.8 Å². The summed E-state index contributed by atoms with van der Waals surface area (Å²) in [7, 11) is 0. The van der Waals surface area contributed by atoms with Crippen molar-refractivity contribution in [1.29, 1.82) is 0 Å². The van der Waals surface area contributed by atoms with Crippen LogP contribution in [0.15, 0.2) is 0 Å². The van der Waals surface area contributed by atoms with Crippen molar-refractivity contribution >= 4 is 11.3 Å². The van der Waals surface area contributed by atoms with Gasteiger partial charge in [-0.25, -0.2) is 4.98 Å². The van der Waals surface area contributed by atoms with Gasteiger partial charge in [0.1, 0.15) is 0 Å². The summed E-state index contributed by atoms with van der Waals surface area (Å²) in [6, 6.07) is 0. The molecule has 2 fully saturated rings. The molecular weight excluding hydrogens is 240 g/mol. The molecule has 1 aromatic rings. The standard InChI is InChI=1S/C15H24N2S/c1-11-15(13-6-2-3-7-13)17-14(18-11)9-12-5-4-8-16-10-12/h12-13,16H,2-10H2,1H3. The second-order valence-electron chi connectivity index (χ2n) is 5.95. The molecule has 0 aromatic carbocycles. The van der Waals surface area contributed by atoms with Gasteiger partial charge in [0.2, 0.25) is 0 Å². The summed E-state index contributed by atoms with van der Waals surface area (Å²) >= 11 is 1.96. The molecule has 0 bridgehead atoms. The highest BCUT2D eigenvalue weighted by atomic mass is 32.1. The van der Waals surface area contributed by atoms with Crippen molar-refractivity contribution in [2.45, 2.75) is 57.8 Å². The van der Waals surface area contributed by atoms with Crippen LogP contribution in [-0.4, -0.2) is 18.1 Å². The van der Waals surface area contributed by atoms with Gasteiger partial charge in [-0.1, -0.05) is 12.8 Å². The predicted molar refractivity (Wildman–Crippen MR) is 77.4 cm³/mol. The minimum Gasteiger partial charge on any atom is -0.316 e. The normalized spacial score (nSPS) is 25.7. The molecule has 3 rings (SSSR count). The molecule has 1 aromatic heterocycles. The zero-order valence-corrected chi connectivity index (χ0v) is 12.2. The lowest BCUT2D eigenvalue weighted by Gasteiger charge is -2.21. The lowest BCUT2D eigenvalue weighted by Crippen LogP contribution is -2.30. The largest absolute Gasteiger partial charge is 0.316 e. The number of hydrogen-bond donors (Lipinski definition) is 1. The molecule has 0 amide bonds. The molecule has 1 aliphatic carbocycles. The Labute approximate surface area is 114 Å². The fourth-order valence-electron chi connectivity index (χ4n) is 3.48. The summed E-state index contributed by atoms with van der Waals surface area (Å²) in [5.41, 5.74) is 1.44. The third-order valence-electron chi connectivity index (χ3n) is 4.48. The topological polar surface area (TPSA) is 24.9 Å². The van der Waals surface area contributed by atoms with Crippen LogP contribution in [0.25, 0.3) is 0 Å². The van der Waals surface area contributed by atoms with E-state index in [9.17, 15) is 0 Å². The number of aryl methyl sites for hydroxylation is 1. The van der Waals surface area contributed by atoms with E-state index in [1.807, 2.05) is 11.3 Å². The molecule has 18 heavy (non-hydrogen) atoms. The molecule has 2 nitrogen and oxygen atoms in total. The van der Waals surface area contributed by atoms with E-state index in [-0.39, 0.29) is 0 Å². The molecule has 0 radical (unpaired) electrons. The Morgan fingerprint density at radius 1 is 1.22 bits per heavy atom. The third kappa shape index (κ3) is 2.77. The minimum absolute atomic E-state index is 0.777. The van der Waals surface area contributed by atoms with E-state index in [4.69, 9.17) is 4.98 Å². The van der Waals surface area contributed by atoms with Gasteiger partial charge in [-0.3, -0.25) is 0 Å². The average molecular weight is 264 g/mol. The van der Waals surface area contributed by atoms with Crippen molar-refractivity contribution in [3.8, 4) is 0 Å². The van der Waals surface area contributed by atoms with E-state index >= 15 is 0 Å². The Hall–Kier alpha value is -0.410. The van der Waals surface area contributed by atoms with Crippen LogP contribution in [0.2, 0.25) is 0 Å². The van der Waals surface area contributed by atoms with Gasteiger partial charge in [0.25, 0.3) is 0 Å². The number of hydrogen-bond acceptors (Lipinski definition) is 3. The van der Waals surface area contributed by atoms with Crippen LogP contribution in [0.4, 0.5) is 0 Å². The molecule has 2 heterocycles. The van der Waals surface area contributed by atoms with Crippen LogP contribution >= 0.6 is 11.3 Å². The average Bonchev–Trinajstić information content (AvgIpc) is 3.00. The highest BCUT2D eigenvalue weighted by Gasteiger charge is 2.23. The quantitative estimate of drug-likeness (QED) is 0.901. The molecule has 2 aliphatic rings. The summed E-state index contributed by atoms with van der Waals surface area (Å²) in [5.74, 6) is 1.60. The summed E-state index contributed by atoms with van der Waals surface area (Å²) in [5, 5.41) is 4.90. The van der Waals surface area contributed by atoms with Crippen molar-refractivity contribution in [3.63, 3.8) is 0 Å². The Morgan fingerprint density at radius 2 is 2.06 bits per heavy atom. The van der Waals surface area contributed by atoms with Crippen LogP contribution in [0, 0.1) is 12.8 Å². The highest BCUT2D eigenvalue weighted by molar-refractivity contribution is 7.11. The zero-order chi connectivity index (χ0) is 12.4.